The summed E-state index contributed by atoms with van der Waals surface area (Å²) in [5, 5.41) is 3.15. The molecule has 0 aromatic heterocycles. The molecule has 1 heterocycles. The van der Waals surface area contributed by atoms with Crippen LogP contribution in [-0.2, 0) is 0 Å². The van der Waals surface area contributed by atoms with Gasteiger partial charge >= 0.3 is 0 Å². The zero-order valence-corrected chi connectivity index (χ0v) is 9.64. The van der Waals surface area contributed by atoms with Crippen LogP contribution in [0.15, 0.2) is 0 Å². The maximum Gasteiger partial charge on any atom is 0.265 e. The standard InChI is InChI=1S/C8H16.C2H5.Al/c1-5-6-7-8(2,3)4;1-2;/h7H,1,5-6H2,2-4H3;1H2,2H3;. The van der Waals surface area contributed by atoms with Gasteiger partial charge in [0, 0.05) is 0 Å². The van der Waals surface area contributed by atoms with Gasteiger partial charge in [-0.15, -0.1) is 0 Å². The Morgan fingerprint density at radius 2 is 2.00 bits per heavy atom. The average molecular weight is 168 g/mol. The van der Waals surface area contributed by atoms with E-state index in [1.165, 1.54) is 18.1 Å². The second-order valence-electron chi connectivity index (χ2n) is 5.07. The molecule has 0 bridgehead atoms. The fourth-order valence-corrected chi connectivity index (χ4v) is 6.93. The van der Waals surface area contributed by atoms with Crippen molar-refractivity contribution >= 4 is 14.1 Å². The van der Waals surface area contributed by atoms with Crippen molar-refractivity contribution in [2.24, 2.45) is 5.41 Å². The summed E-state index contributed by atoms with van der Waals surface area (Å²) in [4.78, 5) is 0. The molecule has 1 rings (SSSR count). The Hall–Kier alpha value is 0.532. The summed E-state index contributed by atoms with van der Waals surface area (Å²) in [6.07, 6.45) is 3.07. The third-order valence-corrected chi connectivity index (χ3v) is 7.97. The van der Waals surface area contributed by atoms with E-state index >= 15 is 0 Å². The molecule has 0 N–H and O–H groups in total. The Bertz CT molecular complexity index is 123. The third kappa shape index (κ3) is 2.23. The van der Waals surface area contributed by atoms with Gasteiger partial charge in [-0.2, -0.15) is 0 Å². The summed E-state index contributed by atoms with van der Waals surface area (Å²) in [6, 6.07) is 0. The molecule has 0 aromatic rings. The van der Waals surface area contributed by atoms with E-state index in [2.05, 4.69) is 27.7 Å². The number of rotatable bonds is 1. The first kappa shape index (κ1) is 9.62. The highest BCUT2D eigenvalue weighted by Gasteiger charge is 2.38. The van der Waals surface area contributed by atoms with Crippen LogP contribution in [0.1, 0.15) is 40.5 Å². The molecular formula is C10H21Al. The molecule has 0 aliphatic carbocycles. The van der Waals surface area contributed by atoms with E-state index in [-0.39, 0.29) is 14.1 Å². The van der Waals surface area contributed by atoms with Gasteiger partial charge in [0.25, 0.3) is 14.1 Å². The van der Waals surface area contributed by atoms with Crippen molar-refractivity contribution < 1.29 is 0 Å². The van der Waals surface area contributed by atoms with Gasteiger partial charge in [-0.1, -0.05) is 55.9 Å². The van der Waals surface area contributed by atoms with Gasteiger partial charge in [0.15, 0.2) is 0 Å². The smallest absolute Gasteiger partial charge is 0.0965 e. The summed E-state index contributed by atoms with van der Waals surface area (Å²) in [5.41, 5.74) is 0.614. The molecule has 64 valence electrons. The van der Waals surface area contributed by atoms with Crippen molar-refractivity contribution in [1.29, 1.82) is 0 Å². The van der Waals surface area contributed by atoms with Crippen molar-refractivity contribution in [2.75, 3.05) is 0 Å². The molecule has 11 heavy (non-hydrogen) atoms. The SMILES string of the molecule is C[CH2][Al]1[CH2]CC[CH]1C(C)(C)C. The Morgan fingerprint density at radius 3 is 2.36 bits per heavy atom. The lowest BCUT2D eigenvalue weighted by atomic mass is 9.89. The molecule has 1 heteroatoms. The first-order valence-electron chi connectivity index (χ1n) is 5.05. The summed E-state index contributed by atoms with van der Waals surface area (Å²) in [5.74, 6) is 0. The van der Waals surface area contributed by atoms with Crippen molar-refractivity contribution in [2.45, 2.75) is 55.9 Å². The van der Waals surface area contributed by atoms with Crippen molar-refractivity contribution in [3.63, 3.8) is 0 Å². The summed E-state index contributed by atoms with van der Waals surface area (Å²) in [7, 11) is 0. The summed E-state index contributed by atoms with van der Waals surface area (Å²) in [6.45, 7) is 9.69. The highest BCUT2D eigenvalue weighted by molar-refractivity contribution is 6.61. The van der Waals surface area contributed by atoms with Crippen LogP contribution < -0.4 is 0 Å². The third-order valence-electron chi connectivity index (χ3n) is 3.30. The van der Waals surface area contributed by atoms with Crippen LogP contribution in [-0.4, -0.2) is 14.1 Å². The minimum atomic E-state index is -0.300. The van der Waals surface area contributed by atoms with Gasteiger partial charge < -0.3 is 0 Å². The van der Waals surface area contributed by atoms with E-state index in [0.717, 1.165) is 4.78 Å². The van der Waals surface area contributed by atoms with Crippen LogP contribution in [0, 0.1) is 5.41 Å². The van der Waals surface area contributed by atoms with Gasteiger partial charge in [0.1, 0.15) is 0 Å². The highest BCUT2D eigenvalue weighted by Crippen LogP contribution is 2.45. The van der Waals surface area contributed by atoms with E-state index in [1.807, 2.05) is 0 Å². The zero-order valence-electron chi connectivity index (χ0n) is 8.48. The molecule has 0 nitrogen and oxygen atoms in total. The van der Waals surface area contributed by atoms with Crippen LogP contribution in [0.5, 0.6) is 0 Å². The number of hydrogen-bond acceptors (Lipinski definition) is 0. The van der Waals surface area contributed by atoms with E-state index in [0.29, 0.717) is 5.41 Å². The first-order valence-corrected chi connectivity index (χ1v) is 7.35. The minimum Gasteiger partial charge on any atom is -0.0965 e. The molecule has 0 aromatic carbocycles. The maximum absolute atomic E-state index is 2.43. The summed E-state index contributed by atoms with van der Waals surface area (Å²) < 4.78 is 1.13. The maximum atomic E-state index is 2.43. The van der Waals surface area contributed by atoms with Crippen LogP contribution >= 0.6 is 0 Å². The highest BCUT2D eigenvalue weighted by atomic mass is 27.2. The summed E-state index contributed by atoms with van der Waals surface area (Å²) >= 11 is -0.300. The van der Waals surface area contributed by atoms with E-state index in [4.69, 9.17) is 0 Å². The predicted octanol–water partition coefficient (Wildman–Crippen LogP) is 3.71. The topological polar surface area (TPSA) is 0 Å². The molecule has 1 fully saturated rings. The van der Waals surface area contributed by atoms with Crippen LogP contribution in [0.3, 0.4) is 0 Å². The minimum absolute atomic E-state index is 0.300. The van der Waals surface area contributed by atoms with Crippen molar-refractivity contribution in [3.05, 3.63) is 0 Å². The normalized spacial score (nSPS) is 26.2. The lowest BCUT2D eigenvalue weighted by Gasteiger charge is -2.30. The Labute approximate surface area is 75.8 Å². The largest absolute Gasteiger partial charge is 0.265 e. The van der Waals surface area contributed by atoms with Crippen molar-refractivity contribution in [3.8, 4) is 0 Å². The Kier molecular flexibility index (Phi) is 3.06. The monoisotopic (exact) mass is 168 g/mol. The predicted molar refractivity (Wildman–Crippen MR) is 53.5 cm³/mol. The van der Waals surface area contributed by atoms with Gasteiger partial charge in [-0.3, -0.25) is 0 Å². The first-order chi connectivity index (χ1) is 5.05. The van der Waals surface area contributed by atoms with Crippen LogP contribution in [0.25, 0.3) is 0 Å². The molecule has 0 spiro atoms. The molecule has 0 saturated carbocycles. The van der Waals surface area contributed by atoms with Gasteiger partial charge in [0.2, 0.25) is 0 Å². The molecular weight excluding hydrogens is 147 g/mol. The molecule has 0 amide bonds. The van der Waals surface area contributed by atoms with Gasteiger partial charge in [-0.05, 0) is 5.41 Å². The molecule has 0 radical (unpaired) electrons. The average Bonchev–Trinajstić information content (AvgIpc) is 2.31. The van der Waals surface area contributed by atoms with E-state index in [1.54, 1.807) is 5.28 Å². The van der Waals surface area contributed by atoms with Crippen molar-refractivity contribution in [1.82, 2.24) is 0 Å². The molecule has 1 unspecified atom stereocenters. The lowest BCUT2D eigenvalue weighted by molar-refractivity contribution is 0.369. The molecule has 1 atom stereocenters. The van der Waals surface area contributed by atoms with E-state index < -0.39 is 0 Å². The molecule has 1 aliphatic rings. The van der Waals surface area contributed by atoms with Gasteiger partial charge in [0.05, 0.1) is 0 Å². The fourth-order valence-electron chi connectivity index (χ4n) is 2.67. The van der Waals surface area contributed by atoms with Crippen LogP contribution in [0.2, 0.25) is 15.3 Å². The van der Waals surface area contributed by atoms with Crippen LogP contribution in [0.4, 0.5) is 0 Å². The van der Waals surface area contributed by atoms with Gasteiger partial charge in [-0.25, -0.2) is 0 Å². The lowest BCUT2D eigenvalue weighted by Crippen LogP contribution is -2.24. The second-order valence-corrected chi connectivity index (χ2v) is 8.79. The Morgan fingerprint density at radius 1 is 1.36 bits per heavy atom. The zero-order chi connectivity index (χ0) is 8.48. The second kappa shape index (κ2) is 3.50. The quantitative estimate of drug-likeness (QED) is 0.523. The molecule has 1 saturated heterocycles. The Balaban J connectivity index is 2.57. The molecule has 1 aliphatic heterocycles. The fraction of sp³-hybridized carbons (Fsp3) is 1.00. The number of hydrogen-bond donors (Lipinski definition) is 0. The van der Waals surface area contributed by atoms with E-state index in [9.17, 15) is 0 Å².